The van der Waals surface area contributed by atoms with Crippen molar-refractivity contribution in [3.05, 3.63) is 29.8 Å². The molecule has 0 saturated heterocycles. The summed E-state index contributed by atoms with van der Waals surface area (Å²) in [4.78, 5) is 0. The third-order valence-corrected chi connectivity index (χ3v) is 2.63. The van der Waals surface area contributed by atoms with Crippen LogP contribution in [0.1, 0.15) is 32.8 Å². The number of hydrogen-bond donors (Lipinski definition) is 1. The highest BCUT2D eigenvalue weighted by Crippen LogP contribution is 2.12. The summed E-state index contributed by atoms with van der Waals surface area (Å²) < 4.78 is 11.1. The summed E-state index contributed by atoms with van der Waals surface area (Å²) in [5.41, 5.74) is 1.29. The van der Waals surface area contributed by atoms with E-state index in [1.54, 1.807) is 0 Å². The number of nitrogens with one attached hydrogen (secondary N) is 1. The minimum Gasteiger partial charge on any atom is -0.491 e. The highest BCUT2D eigenvalue weighted by Gasteiger charge is 1.97. The molecule has 3 heteroatoms. The molecule has 0 aromatic heterocycles. The lowest BCUT2D eigenvalue weighted by atomic mass is 10.2. The predicted octanol–water partition coefficient (Wildman–Crippen LogP) is 3.24. The van der Waals surface area contributed by atoms with Crippen LogP contribution in [0.2, 0.25) is 0 Å². The maximum Gasteiger partial charge on any atom is 0.119 e. The van der Waals surface area contributed by atoms with Crippen molar-refractivity contribution in [2.75, 3.05) is 26.4 Å². The Hall–Kier alpha value is -1.06. The number of rotatable bonds is 10. The minimum absolute atomic E-state index is 0.579. The molecule has 1 rings (SSSR count). The molecule has 3 nitrogen and oxygen atoms in total. The molecular weight excluding hydrogens is 238 g/mol. The molecule has 0 fully saturated rings. The van der Waals surface area contributed by atoms with Crippen LogP contribution in [0.25, 0.3) is 0 Å². The van der Waals surface area contributed by atoms with Crippen molar-refractivity contribution in [3.63, 3.8) is 0 Å². The average Bonchev–Trinajstić information content (AvgIpc) is 2.40. The summed E-state index contributed by atoms with van der Waals surface area (Å²) in [7, 11) is 0. The van der Waals surface area contributed by atoms with Gasteiger partial charge in [0.25, 0.3) is 0 Å². The van der Waals surface area contributed by atoms with Gasteiger partial charge in [-0.05, 0) is 36.6 Å². The lowest BCUT2D eigenvalue weighted by molar-refractivity contribution is 0.0819. The summed E-state index contributed by atoms with van der Waals surface area (Å²) in [5, 5.41) is 3.38. The topological polar surface area (TPSA) is 30.5 Å². The van der Waals surface area contributed by atoms with E-state index >= 15 is 0 Å². The van der Waals surface area contributed by atoms with Gasteiger partial charge in [-0.1, -0.05) is 32.9 Å². The van der Waals surface area contributed by atoms with Gasteiger partial charge in [0.15, 0.2) is 0 Å². The first-order chi connectivity index (χ1) is 9.22. The Morgan fingerprint density at radius 3 is 2.47 bits per heavy atom. The molecule has 0 spiro atoms. The van der Waals surface area contributed by atoms with Gasteiger partial charge >= 0.3 is 0 Å². The van der Waals surface area contributed by atoms with Crippen LogP contribution >= 0.6 is 0 Å². The fourth-order valence-electron chi connectivity index (χ4n) is 1.65. The standard InChI is InChI=1S/C16H27NO2/c1-4-9-17-12-15-5-7-16(8-6-15)19-11-10-18-13-14(2)3/h5-8,14,17H,4,9-13H2,1-3H3. The van der Waals surface area contributed by atoms with Gasteiger partial charge in [-0.2, -0.15) is 0 Å². The van der Waals surface area contributed by atoms with Gasteiger partial charge in [-0.3, -0.25) is 0 Å². The molecule has 0 radical (unpaired) electrons. The van der Waals surface area contributed by atoms with Crippen molar-refractivity contribution in [1.29, 1.82) is 0 Å². The second-order valence-corrected chi connectivity index (χ2v) is 5.14. The maximum absolute atomic E-state index is 5.62. The monoisotopic (exact) mass is 265 g/mol. The van der Waals surface area contributed by atoms with Gasteiger partial charge in [0.05, 0.1) is 6.61 Å². The highest BCUT2D eigenvalue weighted by molar-refractivity contribution is 5.27. The molecule has 1 aromatic carbocycles. The number of ether oxygens (including phenoxy) is 2. The van der Waals surface area contributed by atoms with Crippen LogP contribution in [-0.2, 0) is 11.3 Å². The molecule has 0 unspecified atom stereocenters. The zero-order valence-corrected chi connectivity index (χ0v) is 12.4. The summed E-state index contributed by atoms with van der Waals surface area (Å²) in [5.74, 6) is 1.49. The Morgan fingerprint density at radius 2 is 1.84 bits per heavy atom. The molecule has 1 N–H and O–H groups in total. The molecular formula is C16H27NO2. The van der Waals surface area contributed by atoms with Gasteiger partial charge in [0.1, 0.15) is 12.4 Å². The number of hydrogen-bond acceptors (Lipinski definition) is 3. The highest BCUT2D eigenvalue weighted by atomic mass is 16.5. The minimum atomic E-state index is 0.579. The molecule has 19 heavy (non-hydrogen) atoms. The average molecular weight is 265 g/mol. The second-order valence-electron chi connectivity index (χ2n) is 5.14. The van der Waals surface area contributed by atoms with Crippen LogP contribution in [0.5, 0.6) is 5.75 Å². The molecule has 108 valence electrons. The van der Waals surface area contributed by atoms with E-state index in [9.17, 15) is 0 Å². The normalized spacial score (nSPS) is 10.9. The largest absolute Gasteiger partial charge is 0.491 e. The zero-order chi connectivity index (χ0) is 13.9. The van der Waals surface area contributed by atoms with Crippen molar-refractivity contribution in [1.82, 2.24) is 5.32 Å². The fraction of sp³-hybridized carbons (Fsp3) is 0.625. The molecule has 0 saturated carbocycles. The van der Waals surface area contributed by atoms with Gasteiger partial charge in [0, 0.05) is 13.2 Å². The molecule has 0 bridgehead atoms. The zero-order valence-electron chi connectivity index (χ0n) is 12.4. The van der Waals surface area contributed by atoms with E-state index in [2.05, 4.69) is 38.2 Å². The van der Waals surface area contributed by atoms with Crippen molar-refractivity contribution >= 4 is 0 Å². The molecule has 0 aliphatic heterocycles. The third kappa shape index (κ3) is 7.85. The van der Waals surface area contributed by atoms with E-state index in [1.807, 2.05) is 12.1 Å². The second kappa shape index (κ2) is 9.82. The van der Waals surface area contributed by atoms with Gasteiger partial charge < -0.3 is 14.8 Å². The van der Waals surface area contributed by atoms with E-state index in [4.69, 9.17) is 9.47 Å². The maximum atomic E-state index is 5.62. The van der Waals surface area contributed by atoms with Crippen LogP contribution < -0.4 is 10.1 Å². The fourth-order valence-corrected chi connectivity index (χ4v) is 1.65. The van der Waals surface area contributed by atoms with Crippen LogP contribution in [-0.4, -0.2) is 26.4 Å². The Morgan fingerprint density at radius 1 is 1.11 bits per heavy atom. The first-order valence-electron chi connectivity index (χ1n) is 7.22. The smallest absolute Gasteiger partial charge is 0.119 e. The Balaban J connectivity index is 2.17. The number of benzene rings is 1. The molecule has 0 heterocycles. The van der Waals surface area contributed by atoms with E-state index in [0.29, 0.717) is 19.1 Å². The Bertz CT molecular complexity index is 322. The van der Waals surface area contributed by atoms with Crippen LogP contribution in [0.4, 0.5) is 0 Å². The van der Waals surface area contributed by atoms with Crippen molar-refractivity contribution in [2.24, 2.45) is 5.92 Å². The van der Waals surface area contributed by atoms with E-state index < -0.39 is 0 Å². The summed E-state index contributed by atoms with van der Waals surface area (Å²) in [6.45, 7) is 10.5. The lowest BCUT2D eigenvalue weighted by Crippen LogP contribution is -2.13. The van der Waals surface area contributed by atoms with E-state index in [0.717, 1.165) is 31.9 Å². The summed E-state index contributed by atoms with van der Waals surface area (Å²) in [6.07, 6.45) is 1.16. The molecule has 0 atom stereocenters. The first kappa shape index (κ1) is 16.0. The van der Waals surface area contributed by atoms with Crippen molar-refractivity contribution in [2.45, 2.75) is 33.7 Å². The molecule has 0 aliphatic carbocycles. The molecule has 1 aromatic rings. The van der Waals surface area contributed by atoms with E-state index in [-0.39, 0.29) is 0 Å². The van der Waals surface area contributed by atoms with Crippen LogP contribution in [0, 0.1) is 5.92 Å². The first-order valence-corrected chi connectivity index (χ1v) is 7.22. The van der Waals surface area contributed by atoms with Gasteiger partial charge in [-0.15, -0.1) is 0 Å². The van der Waals surface area contributed by atoms with Crippen LogP contribution in [0.3, 0.4) is 0 Å². The molecule has 0 aliphatic rings. The lowest BCUT2D eigenvalue weighted by Gasteiger charge is -2.09. The SMILES string of the molecule is CCCNCc1ccc(OCCOCC(C)C)cc1. The quantitative estimate of drug-likeness (QED) is 0.659. The van der Waals surface area contributed by atoms with Crippen molar-refractivity contribution in [3.8, 4) is 5.75 Å². The van der Waals surface area contributed by atoms with Gasteiger partial charge in [-0.25, -0.2) is 0 Å². The van der Waals surface area contributed by atoms with Gasteiger partial charge in [0.2, 0.25) is 0 Å². The summed E-state index contributed by atoms with van der Waals surface area (Å²) >= 11 is 0. The Kier molecular flexibility index (Phi) is 8.26. The van der Waals surface area contributed by atoms with Crippen molar-refractivity contribution < 1.29 is 9.47 Å². The predicted molar refractivity (Wildman–Crippen MR) is 79.6 cm³/mol. The Labute approximate surface area is 117 Å². The third-order valence-electron chi connectivity index (χ3n) is 2.63. The van der Waals surface area contributed by atoms with Crippen LogP contribution in [0.15, 0.2) is 24.3 Å². The molecule has 0 amide bonds. The summed E-state index contributed by atoms with van der Waals surface area (Å²) in [6, 6.07) is 8.25. The van der Waals surface area contributed by atoms with E-state index in [1.165, 1.54) is 5.56 Å².